The van der Waals surface area contributed by atoms with Crippen LogP contribution in [0.25, 0.3) is 0 Å². The first kappa shape index (κ1) is 17.1. The van der Waals surface area contributed by atoms with E-state index >= 15 is 0 Å². The predicted octanol–water partition coefficient (Wildman–Crippen LogP) is 2.73. The Morgan fingerprint density at radius 3 is 2.79 bits per heavy atom. The standard InChI is InChI=1S/C14H26N2OS.ClH/c1-2-18-12-7-5-6-11(10-12)16-14(17)13-8-3-4-9-15-13;/h11-13,15H,2-10H2,1H3,(H,16,17);1H. The summed E-state index contributed by atoms with van der Waals surface area (Å²) in [5, 5.41) is 7.35. The van der Waals surface area contributed by atoms with Gasteiger partial charge >= 0.3 is 0 Å². The van der Waals surface area contributed by atoms with Gasteiger partial charge in [0, 0.05) is 11.3 Å². The van der Waals surface area contributed by atoms with Crippen molar-refractivity contribution in [2.24, 2.45) is 0 Å². The van der Waals surface area contributed by atoms with E-state index in [-0.39, 0.29) is 24.4 Å². The van der Waals surface area contributed by atoms with Crippen molar-refractivity contribution in [2.45, 2.75) is 69.2 Å². The first-order valence-corrected chi connectivity index (χ1v) is 8.50. The molecule has 2 rings (SSSR count). The van der Waals surface area contributed by atoms with Crippen molar-refractivity contribution in [3.8, 4) is 0 Å². The van der Waals surface area contributed by atoms with E-state index in [2.05, 4.69) is 29.3 Å². The lowest BCUT2D eigenvalue weighted by molar-refractivity contribution is -0.124. The highest BCUT2D eigenvalue weighted by Gasteiger charge is 2.26. The van der Waals surface area contributed by atoms with Gasteiger partial charge < -0.3 is 10.6 Å². The quantitative estimate of drug-likeness (QED) is 0.839. The number of rotatable bonds is 4. The first-order valence-electron chi connectivity index (χ1n) is 7.45. The highest BCUT2D eigenvalue weighted by Crippen LogP contribution is 2.28. The number of hydrogen-bond acceptors (Lipinski definition) is 3. The Morgan fingerprint density at radius 2 is 2.11 bits per heavy atom. The molecule has 3 unspecified atom stereocenters. The van der Waals surface area contributed by atoms with Crippen molar-refractivity contribution < 1.29 is 4.79 Å². The Morgan fingerprint density at radius 1 is 1.26 bits per heavy atom. The summed E-state index contributed by atoms with van der Waals surface area (Å²) in [4.78, 5) is 12.2. The third kappa shape index (κ3) is 5.52. The van der Waals surface area contributed by atoms with Crippen LogP contribution in [0.3, 0.4) is 0 Å². The third-order valence-electron chi connectivity index (χ3n) is 4.00. The second-order valence-electron chi connectivity index (χ2n) is 5.45. The summed E-state index contributed by atoms with van der Waals surface area (Å²) < 4.78 is 0. The van der Waals surface area contributed by atoms with Gasteiger partial charge in [-0.05, 0) is 44.4 Å². The van der Waals surface area contributed by atoms with Gasteiger partial charge in [0.1, 0.15) is 0 Å². The summed E-state index contributed by atoms with van der Waals surface area (Å²) in [6.07, 6.45) is 8.32. The molecule has 3 nitrogen and oxygen atoms in total. The molecule has 0 spiro atoms. The molecule has 5 heteroatoms. The predicted molar refractivity (Wildman–Crippen MR) is 85.2 cm³/mol. The zero-order chi connectivity index (χ0) is 12.8. The molecular weight excluding hydrogens is 280 g/mol. The monoisotopic (exact) mass is 306 g/mol. The number of carbonyl (C=O) groups excluding carboxylic acids is 1. The number of thioether (sulfide) groups is 1. The van der Waals surface area contributed by atoms with Crippen LogP contribution >= 0.6 is 24.2 Å². The van der Waals surface area contributed by atoms with Crippen molar-refractivity contribution in [3.05, 3.63) is 0 Å². The number of hydrogen-bond donors (Lipinski definition) is 2. The van der Waals surface area contributed by atoms with Gasteiger partial charge in [0.15, 0.2) is 0 Å². The minimum absolute atomic E-state index is 0. The molecule has 112 valence electrons. The second kappa shape index (κ2) is 9.09. The van der Waals surface area contributed by atoms with E-state index in [1.807, 2.05) is 0 Å². The zero-order valence-corrected chi connectivity index (χ0v) is 13.5. The van der Waals surface area contributed by atoms with Gasteiger partial charge in [0.25, 0.3) is 0 Å². The fraction of sp³-hybridized carbons (Fsp3) is 0.929. The molecule has 19 heavy (non-hydrogen) atoms. The van der Waals surface area contributed by atoms with Gasteiger partial charge in [0.05, 0.1) is 6.04 Å². The molecule has 1 aliphatic carbocycles. The largest absolute Gasteiger partial charge is 0.352 e. The van der Waals surface area contributed by atoms with Crippen LogP contribution in [0.2, 0.25) is 0 Å². The molecule has 1 heterocycles. The average molecular weight is 307 g/mol. The Balaban J connectivity index is 0.00000180. The van der Waals surface area contributed by atoms with Gasteiger partial charge in [-0.15, -0.1) is 12.4 Å². The molecule has 2 fully saturated rings. The second-order valence-corrected chi connectivity index (χ2v) is 7.03. The molecule has 3 atom stereocenters. The highest BCUT2D eigenvalue weighted by molar-refractivity contribution is 7.99. The van der Waals surface area contributed by atoms with Crippen molar-refractivity contribution in [1.29, 1.82) is 0 Å². The minimum atomic E-state index is 0. The number of piperidine rings is 1. The van der Waals surface area contributed by atoms with E-state index in [1.165, 1.54) is 37.9 Å². The molecule has 2 aliphatic rings. The molecular formula is C14H27ClN2OS. The maximum atomic E-state index is 12.2. The Kier molecular flexibility index (Phi) is 8.19. The average Bonchev–Trinajstić information content (AvgIpc) is 2.40. The summed E-state index contributed by atoms with van der Waals surface area (Å²) in [5.74, 6) is 1.43. The fourth-order valence-corrected chi connectivity index (χ4v) is 4.21. The molecule has 0 bridgehead atoms. The van der Waals surface area contributed by atoms with Gasteiger partial charge in [-0.1, -0.05) is 19.8 Å². The smallest absolute Gasteiger partial charge is 0.237 e. The van der Waals surface area contributed by atoms with Crippen LogP contribution < -0.4 is 10.6 Å². The van der Waals surface area contributed by atoms with Gasteiger partial charge in [-0.3, -0.25) is 4.79 Å². The van der Waals surface area contributed by atoms with Crippen molar-refractivity contribution in [2.75, 3.05) is 12.3 Å². The van der Waals surface area contributed by atoms with Crippen molar-refractivity contribution >= 4 is 30.1 Å². The van der Waals surface area contributed by atoms with Crippen molar-refractivity contribution in [3.63, 3.8) is 0 Å². The SMILES string of the molecule is CCSC1CCCC(NC(=O)C2CCCCN2)C1.Cl. The number of amides is 1. The maximum absolute atomic E-state index is 12.2. The van der Waals surface area contributed by atoms with E-state index < -0.39 is 0 Å². The maximum Gasteiger partial charge on any atom is 0.237 e. The lowest BCUT2D eigenvalue weighted by Gasteiger charge is -2.31. The minimum Gasteiger partial charge on any atom is -0.352 e. The topological polar surface area (TPSA) is 41.1 Å². The Hall–Kier alpha value is 0.0700. The normalized spacial score (nSPS) is 31.3. The molecule has 0 radical (unpaired) electrons. The zero-order valence-electron chi connectivity index (χ0n) is 11.8. The lowest BCUT2D eigenvalue weighted by atomic mass is 9.94. The number of halogens is 1. The van der Waals surface area contributed by atoms with E-state index in [9.17, 15) is 4.79 Å². The van der Waals surface area contributed by atoms with E-state index in [0.29, 0.717) is 6.04 Å². The van der Waals surface area contributed by atoms with Crippen LogP contribution in [0.15, 0.2) is 0 Å². The van der Waals surface area contributed by atoms with E-state index in [1.54, 1.807) is 0 Å². The Bertz CT molecular complexity index is 270. The van der Waals surface area contributed by atoms with Crippen molar-refractivity contribution in [1.82, 2.24) is 10.6 Å². The molecule has 2 N–H and O–H groups in total. The summed E-state index contributed by atoms with van der Waals surface area (Å²) >= 11 is 2.05. The van der Waals surface area contributed by atoms with Crippen LogP contribution in [-0.4, -0.2) is 35.5 Å². The molecule has 0 aromatic carbocycles. The summed E-state index contributed by atoms with van der Waals surface area (Å²) in [6, 6.07) is 0.483. The molecule has 0 aromatic rings. The van der Waals surface area contributed by atoms with Crippen LogP contribution in [-0.2, 0) is 4.79 Å². The highest BCUT2D eigenvalue weighted by atomic mass is 35.5. The number of carbonyl (C=O) groups is 1. The van der Waals surface area contributed by atoms with E-state index in [4.69, 9.17) is 0 Å². The van der Waals surface area contributed by atoms with Crippen LogP contribution in [0.4, 0.5) is 0 Å². The van der Waals surface area contributed by atoms with Crippen LogP contribution in [0.1, 0.15) is 51.9 Å². The van der Waals surface area contributed by atoms with Gasteiger partial charge in [-0.2, -0.15) is 11.8 Å². The molecule has 1 aliphatic heterocycles. The molecule has 1 saturated carbocycles. The summed E-state index contributed by atoms with van der Waals surface area (Å²) in [6.45, 7) is 3.22. The van der Waals surface area contributed by atoms with Gasteiger partial charge in [0.2, 0.25) is 5.91 Å². The van der Waals surface area contributed by atoms with Crippen LogP contribution in [0.5, 0.6) is 0 Å². The summed E-state index contributed by atoms with van der Waals surface area (Å²) in [7, 11) is 0. The molecule has 1 amide bonds. The lowest BCUT2D eigenvalue weighted by Crippen LogP contribution is -2.50. The van der Waals surface area contributed by atoms with E-state index in [0.717, 1.165) is 24.6 Å². The first-order chi connectivity index (χ1) is 8.79. The fourth-order valence-electron chi connectivity index (χ4n) is 3.04. The third-order valence-corrected chi connectivity index (χ3v) is 5.23. The molecule has 0 aromatic heterocycles. The van der Waals surface area contributed by atoms with Gasteiger partial charge in [-0.25, -0.2) is 0 Å². The Labute approximate surface area is 127 Å². The summed E-state index contributed by atoms with van der Waals surface area (Å²) in [5.41, 5.74) is 0. The number of nitrogens with one attached hydrogen (secondary N) is 2. The van der Waals surface area contributed by atoms with Crippen LogP contribution in [0, 0.1) is 0 Å². The molecule has 1 saturated heterocycles.